The number of nitrogens with zero attached hydrogens (tertiary/aromatic N) is 2. The summed E-state index contributed by atoms with van der Waals surface area (Å²) >= 11 is 0. The second kappa shape index (κ2) is 7.88. The molecule has 1 aromatic carbocycles. The van der Waals surface area contributed by atoms with Gasteiger partial charge >= 0.3 is 0 Å². The van der Waals surface area contributed by atoms with Crippen LogP contribution >= 0.6 is 0 Å². The summed E-state index contributed by atoms with van der Waals surface area (Å²) in [5.41, 5.74) is 3.06. The molecule has 0 aromatic heterocycles. The summed E-state index contributed by atoms with van der Waals surface area (Å²) in [6.07, 6.45) is 9.47. The molecule has 0 bridgehead atoms. The first-order valence-corrected chi connectivity index (χ1v) is 6.10. The highest BCUT2D eigenvalue weighted by Gasteiger charge is 2.06. The number of rotatable bonds is 7. The Kier molecular flexibility index (Phi) is 6.10. The Morgan fingerprint density at radius 2 is 2.00 bits per heavy atom. The smallest absolute Gasteiger partial charge is 0.0855 e. The van der Waals surface area contributed by atoms with Crippen molar-refractivity contribution < 1.29 is 0 Å². The summed E-state index contributed by atoms with van der Waals surface area (Å²) in [4.78, 5) is 6.16. The van der Waals surface area contributed by atoms with Crippen molar-refractivity contribution in [2.24, 2.45) is 4.99 Å². The highest BCUT2D eigenvalue weighted by Crippen LogP contribution is 2.27. The number of benzene rings is 1. The van der Waals surface area contributed by atoms with Crippen LogP contribution < -0.4 is 4.90 Å². The van der Waals surface area contributed by atoms with Gasteiger partial charge in [-0.2, -0.15) is 0 Å². The summed E-state index contributed by atoms with van der Waals surface area (Å²) in [7, 11) is 2.03. The van der Waals surface area contributed by atoms with Gasteiger partial charge in [0.05, 0.1) is 11.4 Å². The van der Waals surface area contributed by atoms with Crippen molar-refractivity contribution in [3.8, 4) is 0 Å². The molecule has 0 atom stereocenters. The summed E-state index contributed by atoms with van der Waals surface area (Å²) in [5, 5.41) is 0. The molecule has 0 N–H and O–H groups in total. The van der Waals surface area contributed by atoms with Crippen molar-refractivity contribution in [2.75, 3.05) is 18.5 Å². The lowest BCUT2D eigenvalue weighted by Crippen LogP contribution is -2.19. The van der Waals surface area contributed by atoms with Crippen molar-refractivity contribution in [3.05, 3.63) is 73.4 Å². The summed E-state index contributed by atoms with van der Waals surface area (Å²) < 4.78 is 0. The lowest BCUT2D eigenvalue weighted by atomic mass is 10.2. The first-order valence-electron chi connectivity index (χ1n) is 6.10. The van der Waals surface area contributed by atoms with Gasteiger partial charge in [0, 0.05) is 13.6 Å². The minimum Gasteiger partial charge on any atom is -0.369 e. The number of allylic oxidation sites excluding steroid dienone is 4. The molecule has 0 radical (unpaired) electrons. The molecule has 0 aliphatic carbocycles. The van der Waals surface area contributed by atoms with E-state index in [1.54, 1.807) is 6.08 Å². The average molecular weight is 252 g/mol. The van der Waals surface area contributed by atoms with E-state index in [1.165, 1.54) is 0 Å². The van der Waals surface area contributed by atoms with E-state index in [2.05, 4.69) is 29.8 Å². The normalized spacial score (nSPS) is 11.3. The van der Waals surface area contributed by atoms with Crippen LogP contribution in [0.5, 0.6) is 0 Å². The standard InChI is InChI=1S/C17H20N2/c1-5-7-8-11-15(6-2)14-19(4)17-13-10-9-12-16(17)18-3/h5-13H,1-3,14H2,4H3/b8-7-,15-11+. The van der Waals surface area contributed by atoms with Gasteiger partial charge in [-0.1, -0.05) is 55.7 Å². The van der Waals surface area contributed by atoms with Gasteiger partial charge < -0.3 is 4.90 Å². The van der Waals surface area contributed by atoms with E-state index in [9.17, 15) is 0 Å². The monoisotopic (exact) mass is 252 g/mol. The molecule has 0 saturated heterocycles. The molecule has 0 fully saturated rings. The van der Waals surface area contributed by atoms with E-state index in [-0.39, 0.29) is 0 Å². The third kappa shape index (κ3) is 4.43. The molecule has 0 unspecified atom stereocenters. The molecule has 1 rings (SSSR count). The second-order valence-electron chi connectivity index (χ2n) is 4.07. The number of likely N-dealkylation sites (N-methyl/N-ethyl adjacent to an activating group) is 1. The van der Waals surface area contributed by atoms with Crippen LogP contribution in [0.1, 0.15) is 0 Å². The van der Waals surface area contributed by atoms with Crippen molar-refractivity contribution >= 4 is 18.1 Å². The minimum atomic E-state index is 0.761. The third-order valence-electron chi connectivity index (χ3n) is 2.70. The molecule has 0 aliphatic heterocycles. The van der Waals surface area contributed by atoms with E-state index in [1.807, 2.05) is 55.6 Å². The van der Waals surface area contributed by atoms with Gasteiger partial charge in [0.15, 0.2) is 0 Å². The molecule has 0 heterocycles. The van der Waals surface area contributed by atoms with Crippen LogP contribution in [-0.2, 0) is 0 Å². The molecule has 19 heavy (non-hydrogen) atoms. The van der Waals surface area contributed by atoms with Crippen LogP contribution in [0.15, 0.2) is 78.4 Å². The zero-order valence-corrected chi connectivity index (χ0v) is 11.4. The van der Waals surface area contributed by atoms with Gasteiger partial charge in [-0.05, 0) is 24.4 Å². The van der Waals surface area contributed by atoms with E-state index in [4.69, 9.17) is 0 Å². The molecule has 0 spiro atoms. The number of hydrogen-bond donors (Lipinski definition) is 0. The van der Waals surface area contributed by atoms with Gasteiger partial charge in [0.25, 0.3) is 0 Å². The van der Waals surface area contributed by atoms with Crippen molar-refractivity contribution in [3.63, 3.8) is 0 Å². The van der Waals surface area contributed by atoms with Crippen molar-refractivity contribution in [1.82, 2.24) is 0 Å². The van der Waals surface area contributed by atoms with Crippen molar-refractivity contribution in [1.29, 1.82) is 0 Å². The van der Waals surface area contributed by atoms with Gasteiger partial charge in [0.1, 0.15) is 0 Å². The Balaban J connectivity index is 2.88. The van der Waals surface area contributed by atoms with E-state index in [0.29, 0.717) is 0 Å². The van der Waals surface area contributed by atoms with Crippen LogP contribution in [0.4, 0.5) is 11.4 Å². The second-order valence-corrected chi connectivity index (χ2v) is 4.07. The molecule has 2 heteroatoms. The van der Waals surface area contributed by atoms with Crippen LogP contribution in [-0.4, -0.2) is 20.3 Å². The van der Waals surface area contributed by atoms with Gasteiger partial charge in [-0.15, -0.1) is 0 Å². The zero-order valence-electron chi connectivity index (χ0n) is 11.4. The Morgan fingerprint density at radius 1 is 1.26 bits per heavy atom. The quantitative estimate of drug-likeness (QED) is 0.521. The third-order valence-corrected chi connectivity index (χ3v) is 2.70. The SMILES string of the molecule is C=C/C=C\C=C(/C=C)CN(C)c1ccccc1N=C. The highest BCUT2D eigenvalue weighted by molar-refractivity contribution is 5.69. The predicted octanol–water partition coefficient (Wildman–Crippen LogP) is 4.31. The van der Waals surface area contributed by atoms with E-state index in [0.717, 1.165) is 23.5 Å². The van der Waals surface area contributed by atoms with Crippen LogP contribution in [0, 0.1) is 0 Å². The van der Waals surface area contributed by atoms with Crippen LogP contribution in [0.3, 0.4) is 0 Å². The Morgan fingerprint density at radius 3 is 2.63 bits per heavy atom. The maximum Gasteiger partial charge on any atom is 0.0855 e. The molecule has 0 aliphatic rings. The minimum absolute atomic E-state index is 0.761. The molecule has 0 amide bonds. The number of anilines is 1. The van der Waals surface area contributed by atoms with Crippen LogP contribution in [0.25, 0.3) is 0 Å². The number of hydrogen-bond acceptors (Lipinski definition) is 2. The summed E-state index contributed by atoms with van der Waals surface area (Å²) in [6, 6.07) is 7.94. The molecular weight excluding hydrogens is 232 g/mol. The largest absolute Gasteiger partial charge is 0.369 e. The maximum absolute atomic E-state index is 4.04. The predicted molar refractivity (Wildman–Crippen MR) is 86.5 cm³/mol. The van der Waals surface area contributed by atoms with E-state index >= 15 is 0 Å². The van der Waals surface area contributed by atoms with Crippen molar-refractivity contribution in [2.45, 2.75) is 0 Å². The number of aliphatic imine (C=N–C) groups is 1. The fourth-order valence-corrected chi connectivity index (χ4v) is 1.72. The maximum atomic E-state index is 4.04. The fraction of sp³-hybridized carbons (Fsp3) is 0.118. The van der Waals surface area contributed by atoms with Gasteiger partial charge in [0.2, 0.25) is 0 Å². The number of para-hydroxylation sites is 2. The summed E-state index contributed by atoms with van der Waals surface area (Å²) in [5.74, 6) is 0. The molecule has 98 valence electrons. The Bertz CT molecular complexity index is 510. The molecular formula is C17H20N2. The van der Waals surface area contributed by atoms with E-state index < -0.39 is 0 Å². The first kappa shape index (κ1) is 14.7. The average Bonchev–Trinajstić information content (AvgIpc) is 2.46. The Hall–Kier alpha value is -2.35. The Labute approximate surface area is 115 Å². The fourth-order valence-electron chi connectivity index (χ4n) is 1.72. The van der Waals surface area contributed by atoms with Crippen LogP contribution in [0.2, 0.25) is 0 Å². The summed E-state index contributed by atoms with van der Waals surface area (Å²) in [6.45, 7) is 11.8. The zero-order chi connectivity index (χ0) is 14.1. The van der Waals surface area contributed by atoms with Gasteiger partial charge in [-0.3, -0.25) is 4.99 Å². The topological polar surface area (TPSA) is 15.6 Å². The lowest BCUT2D eigenvalue weighted by molar-refractivity contribution is 1.00. The highest BCUT2D eigenvalue weighted by atomic mass is 15.1. The molecule has 0 saturated carbocycles. The molecule has 1 aromatic rings. The molecule has 2 nitrogen and oxygen atoms in total. The van der Waals surface area contributed by atoms with Gasteiger partial charge in [-0.25, -0.2) is 0 Å². The first-order chi connectivity index (χ1) is 9.22. The lowest BCUT2D eigenvalue weighted by Gasteiger charge is -2.21.